The van der Waals surface area contributed by atoms with Gasteiger partial charge in [-0.05, 0) is 48.2 Å². The summed E-state index contributed by atoms with van der Waals surface area (Å²) in [5.41, 5.74) is 10.4. The maximum Gasteiger partial charge on any atom is 0.243 e. The molecule has 5 heteroatoms. The third-order valence-corrected chi connectivity index (χ3v) is 3.79. The van der Waals surface area contributed by atoms with Crippen molar-refractivity contribution in [3.63, 3.8) is 0 Å². The number of rotatable bonds is 9. The van der Waals surface area contributed by atoms with E-state index in [0.717, 1.165) is 48.2 Å². The molecule has 0 aliphatic rings. The van der Waals surface area contributed by atoms with E-state index in [1.807, 2.05) is 48.5 Å². The third kappa shape index (κ3) is 5.93. The van der Waals surface area contributed by atoms with Crippen molar-refractivity contribution in [3.8, 4) is 16.9 Å². The number of unbranched alkanes of at least 4 members (excludes halogenated alkanes) is 3. The standard InChI is InChI=1S/C19H24N2O3/c20-17-10-6-15(7-11-17)16-8-12-18(13-9-16)24-14-4-2-1-3-5-19(22)21-23/h6-13,23H,1-5,14,20H2,(H,21,22). The second-order valence-electron chi connectivity index (χ2n) is 5.69. The molecule has 128 valence electrons. The summed E-state index contributed by atoms with van der Waals surface area (Å²) >= 11 is 0. The Morgan fingerprint density at radius 3 is 2.12 bits per heavy atom. The molecular formula is C19H24N2O3. The van der Waals surface area contributed by atoms with Gasteiger partial charge >= 0.3 is 0 Å². The van der Waals surface area contributed by atoms with E-state index in [4.69, 9.17) is 15.7 Å². The van der Waals surface area contributed by atoms with Crippen molar-refractivity contribution in [2.45, 2.75) is 32.1 Å². The van der Waals surface area contributed by atoms with Crippen LogP contribution in [0.15, 0.2) is 48.5 Å². The lowest BCUT2D eigenvalue weighted by atomic mass is 10.1. The summed E-state index contributed by atoms with van der Waals surface area (Å²) in [7, 11) is 0. The van der Waals surface area contributed by atoms with Crippen LogP contribution >= 0.6 is 0 Å². The van der Waals surface area contributed by atoms with Gasteiger partial charge in [0.1, 0.15) is 5.75 Å². The first kappa shape index (κ1) is 17.8. The van der Waals surface area contributed by atoms with Gasteiger partial charge in [-0.15, -0.1) is 0 Å². The van der Waals surface area contributed by atoms with Gasteiger partial charge in [-0.3, -0.25) is 10.0 Å². The first-order chi connectivity index (χ1) is 11.7. The smallest absolute Gasteiger partial charge is 0.243 e. The SMILES string of the molecule is Nc1ccc(-c2ccc(OCCCCCCC(=O)NO)cc2)cc1. The van der Waals surface area contributed by atoms with Gasteiger partial charge in [0.25, 0.3) is 0 Å². The zero-order chi connectivity index (χ0) is 17.2. The lowest BCUT2D eigenvalue weighted by Crippen LogP contribution is -2.17. The monoisotopic (exact) mass is 328 g/mol. The first-order valence-electron chi connectivity index (χ1n) is 8.21. The van der Waals surface area contributed by atoms with Gasteiger partial charge in [-0.1, -0.05) is 37.1 Å². The lowest BCUT2D eigenvalue weighted by molar-refractivity contribution is -0.129. The summed E-state index contributed by atoms with van der Waals surface area (Å²) in [4.78, 5) is 10.8. The minimum Gasteiger partial charge on any atom is -0.494 e. The molecule has 4 N–H and O–H groups in total. The molecule has 0 aliphatic heterocycles. The molecule has 0 heterocycles. The molecule has 0 aliphatic carbocycles. The number of amides is 1. The summed E-state index contributed by atoms with van der Waals surface area (Å²) in [6.45, 7) is 0.660. The fourth-order valence-corrected chi connectivity index (χ4v) is 2.41. The van der Waals surface area contributed by atoms with Crippen LogP contribution in [-0.2, 0) is 4.79 Å². The van der Waals surface area contributed by atoms with E-state index in [9.17, 15) is 4.79 Å². The van der Waals surface area contributed by atoms with Gasteiger partial charge < -0.3 is 10.5 Å². The van der Waals surface area contributed by atoms with Crippen LogP contribution in [0.25, 0.3) is 11.1 Å². The molecule has 0 atom stereocenters. The minimum atomic E-state index is -0.326. The number of nitrogens with one attached hydrogen (secondary N) is 1. The minimum absolute atomic E-state index is 0.326. The Labute approximate surface area is 142 Å². The Kier molecular flexibility index (Phi) is 7.11. The number of hydroxylamine groups is 1. The van der Waals surface area contributed by atoms with Crippen molar-refractivity contribution in [3.05, 3.63) is 48.5 Å². The number of hydrogen-bond acceptors (Lipinski definition) is 4. The highest BCUT2D eigenvalue weighted by Crippen LogP contribution is 2.23. The summed E-state index contributed by atoms with van der Waals surface area (Å²) in [5.74, 6) is 0.529. The fourth-order valence-electron chi connectivity index (χ4n) is 2.41. The Hall–Kier alpha value is -2.53. The molecule has 0 spiro atoms. The van der Waals surface area contributed by atoms with Crippen LogP contribution in [0.5, 0.6) is 5.75 Å². The highest BCUT2D eigenvalue weighted by Gasteiger charge is 2.00. The number of ether oxygens (including phenoxy) is 1. The largest absolute Gasteiger partial charge is 0.494 e. The summed E-state index contributed by atoms with van der Waals surface area (Å²) in [6.07, 6.45) is 4.04. The number of nitrogen functional groups attached to an aromatic ring is 1. The van der Waals surface area contributed by atoms with Crippen LogP contribution in [-0.4, -0.2) is 17.7 Å². The third-order valence-electron chi connectivity index (χ3n) is 3.79. The molecule has 1 amide bonds. The van der Waals surface area contributed by atoms with Gasteiger partial charge in [-0.25, -0.2) is 5.48 Å². The van der Waals surface area contributed by atoms with Crippen molar-refractivity contribution >= 4 is 11.6 Å². The van der Waals surface area contributed by atoms with E-state index in [-0.39, 0.29) is 5.91 Å². The molecule has 2 aromatic rings. The average Bonchev–Trinajstić information content (AvgIpc) is 2.62. The molecule has 0 radical (unpaired) electrons. The number of carbonyl (C=O) groups excluding carboxylic acids is 1. The number of nitrogens with two attached hydrogens (primary N) is 1. The predicted octanol–water partition coefficient (Wildman–Crippen LogP) is 3.77. The molecule has 0 saturated heterocycles. The average molecular weight is 328 g/mol. The van der Waals surface area contributed by atoms with E-state index in [1.165, 1.54) is 0 Å². The molecule has 0 saturated carbocycles. The van der Waals surface area contributed by atoms with Crippen molar-refractivity contribution in [2.75, 3.05) is 12.3 Å². The Morgan fingerprint density at radius 2 is 1.50 bits per heavy atom. The van der Waals surface area contributed by atoms with E-state index in [1.54, 1.807) is 5.48 Å². The second kappa shape index (κ2) is 9.57. The molecule has 5 nitrogen and oxygen atoms in total. The van der Waals surface area contributed by atoms with Crippen LogP contribution in [0.3, 0.4) is 0 Å². The fraction of sp³-hybridized carbons (Fsp3) is 0.316. The number of benzene rings is 2. The quantitative estimate of drug-likeness (QED) is 0.283. The van der Waals surface area contributed by atoms with Crippen LogP contribution in [0.2, 0.25) is 0 Å². The maximum atomic E-state index is 10.8. The molecule has 2 rings (SSSR count). The molecule has 0 aromatic heterocycles. The highest BCUT2D eigenvalue weighted by molar-refractivity contribution is 5.74. The summed E-state index contributed by atoms with van der Waals surface area (Å²) in [5, 5.41) is 8.38. The maximum absolute atomic E-state index is 10.8. The Balaban J connectivity index is 1.67. The Bertz CT molecular complexity index is 624. The van der Waals surface area contributed by atoms with Gasteiger partial charge in [0.2, 0.25) is 5.91 Å². The number of anilines is 1. The van der Waals surface area contributed by atoms with Crippen molar-refractivity contribution in [1.82, 2.24) is 5.48 Å². The zero-order valence-electron chi connectivity index (χ0n) is 13.7. The normalized spacial score (nSPS) is 10.4. The van der Waals surface area contributed by atoms with E-state index in [0.29, 0.717) is 13.0 Å². The van der Waals surface area contributed by atoms with Crippen molar-refractivity contribution < 1.29 is 14.7 Å². The highest BCUT2D eigenvalue weighted by atomic mass is 16.5. The van der Waals surface area contributed by atoms with E-state index in [2.05, 4.69) is 0 Å². The second-order valence-corrected chi connectivity index (χ2v) is 5.69. The predicted molar refractivity (Wildman–Crippen MR) is 94.8 cm³/mol. The molecule has 0 unspecified atom stereocenters. The number of hydrogen-bond donors (Lipinski definition) is 3. The molecular weight excluding hydrogens is 304 g/mol. The summed E-state index contributed by atoms with van der Waals surface area (Å²) < 4.78 is 5.73. The molecule has 0 fully saturated rings. The van der Waals surface area contributed by atoms with Crippen LogP contribution < -0.4 is 16.0 Å². The van der Waals surface area contributed by atoms with Crippen molar-refractivity contribution in [2.24, 2.45) is 0 Å². The van der Waals surface area contributed by atoms with Crippen LogP contribution in [0, 0.1) is 0 Å². The number of carbonyl (C=O) groups is 1. The molecule has 0 bridgehead atoms. The van der Waals surface area contributed by atoms with Gasteiger partial charge in [-0.2, -0.15) is 0 Å². The zero-order valence-corrected chi connectivity index (χ0v) is 13.7. The van der Waals surface area contributed by atoms with Crippen molar-refractivity contribution in [1.29, 1.82) is 0 Å². The Morgan fingerprint density at radius 1 is 0.917 bits per heavy atom. The topological polar surface area (TPSA) is 84.6 Å². The van der Waals surface area contributed by atoms with Crippen LogP contribution in [0.4, 0.5) is 5.69 Å². The molecule has 24 heavy (non-hydrogen) atoms. The molecule has 2 aromatic carbocycles. The summed E-state index contributed by atoms with van der Waals surface area (Å²) in [6, 6.07) is 15.8. The van der Waals surface area contributed by atoms with Gasteiger partial charge in [0.05, 0.1) is 6.61 Å². The van der Waals surface area contributed by atoms with Crippen LogP contribution in [0.1, 0.15) is 32.1 Å². The van der Waals surface area contributed by atoms with Gasteiger partial charge in [0.15, 0.2) is 0 Å². The lowest BCUT2D eigenvalue weighted by Gasteiger charge is -2.08. The van der Waals surface area contributed by atoms with E-state index >= 15 is 0 Å². The first-order valence-corrected chi connectivity index (χ1v) is 8.21. The van der Waals surface area contributed by atoms with Gasteiger partial charge in [0, 0.05) is 12.1 Å². The van der Waals surface area contributed by atoms with E-state index < -0.39 is 0 Å².